The molecule has 0 amide bonds. The summed E-state index contributed by atoms with van der Waals surface area (Å²) < 4.78 is 0. The van der Waals surface area contributed by atoms with Gasteiger partial charge in [0.1, 0.15) is 5.75 Å². The largest absolute Gasteiger partial charge is 0.508 e. The molecule has 1 atom stereocenters. The van der Waals surface area contributed by atoms with Crippen LogP contribution >= 0.6 is 0 Å². The summed E-state index contributed by atoms with van der Waals surface area (Å²) in [6.45, 7) is 8.01. The van der Waals surface area contributed by atoms with Gasteiger partial charge in [0, 0.05) is 6.04 Å². The Hall–Kier alpha value is -1.02. The number of hydrogen-bond donors (Lipinski definition) is 2. The topological polar surface area (TPSA) is 32.3 Å². The van der Waals surface area contributed by atoms with Crippen LogP contribution in [-0.2, 0) is 6.42 Å². The van der Waals surface area contributed by atoms with E-state index >= 15 is 0 Å². The van der Waals surface area contributed by atoms with E-state index in [1.807, 2.05) is 12.1 Å². The summed E-state index contributed by atoms with van der Waals surface area (Å²) in [6, 6.07) is 8.25. The van der Waals surface area contributed by atoms with E-state index in [1.54, 1.807) is 12.1 Å². The predicted molar refractivity (Wildman–Crippen MR) is 85.0 cm³/mol. The van der Waals surface area contributed by atoms with Crippen LogP contribution in [0.1, 0.15) is 52.0 Å². The minimum absolute atomic E-state index is 0.355. The van der Waals surface area contributed by atoms with Crippen LogP contribution in [-0.4, -0.2) is 17.7 Å². The highest BCUT2D eigenvalue weighted by molar-refractivity contribution is 5.26. The Bertz CT molecular complexity index is 400. The summed E-state index contributed by atoms with van der Waals surface area (Å²) in [7, 11) is 0. The standard InChI is InChI=1S/C18H29NO/c1-4-19-17(13-14-5-7-16(20)8-6-14)15-9-11-18(2,3)12-10-15/h5-8,15,17,19-20H,4,9-13H2,1-3H3. The molecule has 1 fully saturated rings. The summed E-state index contributed by atoms with van der Waals surface area (Å²) in [5.41, 5.74) is 1.85. The second kappa shape index (κ2) is 6.62. The monoisotopic (exact) mass is 275 g/mol. The maximum atomic E-state index is 9.38. The highest BCUT2D eigenvalue weighted by Crippen LogP contribution is 2.39. The highest BCUT2D eigenvalue weighted by Gasteiger charge is 2.30. The van der Waals surface area contributed by atoms with Gasteiger partial charge in [-0.1, -0.05) is 32.9 Å². The van der Waals surface area contributed by atoms with Crippen molar-refractivity contribution < 1.29 is 5.11 Å². The third-order valence-electron chi connectivity index (χ3n) is 4.81. The molecule has 0 radical (unpaired) electrons. The van der Waals surface area contributed by atoms with E-state index in [0.717, 1.165) is 18.9 Å². The zero-order valence-electron chi connectivity index (χ0n) is 13.2. The fourth-order valence-electron chi connectivity index (χ4n) is 3.38. The third-order valence-corrected chi connectivity index (χ3v) is 4.81. The average Bonchev–Trinajstić information content (AvgIpc) is 2.41. The molecule has 112 valence electrons. The summed E-state index contributed by atoms with van der Waals surface area (Å²) in [5.74, 6) is 1.14. The van der Waals surface area contributed by atoms with E-state index < -0.39 is 0 Å². The molecule has 1 aromatic rings. The number of aromatic hydroxyl groups is 1. The van der Waals surface area contributed by atoms with Gasteiger partial charge in [0.25, 0.3) is 0 Å². The van der Waals surface area contributed by atoms with Gasteiger partial charge in [0.2, 0.25) is 0 Å². The van der Waals surface area contributed by atoms with E-state index in [-0.39, 0.29) is 0 Å². The predicted octanol–water partition coefficient (Wildman–Crippen LogP) is 4.13. The lowest BCUT2D eigenvalue weighted by Gasteiger charge is -2.38. The number of phenols is 1. The first-order chi connectivity index (χ1) is 9.50. The Morgan fingerprint density at radius 1 is 1.20 bits per heavy atom. The minimum Gasteiger partial charge on any atom is -0.508 e. The lowest BCUT2D eigenvalue weighted by atomic mass is 9.70. The third kappa shape index (κ3) is 4.24. The number of rotatable bonds is 5. The maximum absolute atomic E-state index is 9.38. The molecule has 0 bridgehead atoms. The summed E-state index contributed by atoms with van der Waals surface area (Å²) in [6.07, 6.45) is 6.43. The van der Waals surface area contributed by atoms with Crippen LogP contribution in [0.3, 0.4) is 0 Å². The minimum atomic E-state index is 0.355. The Kier molecular flexibility index (Phi) is 5.09. The van der Waals surface area contributed by atoms with Crippen LogP contribution in [0, 0.1) is 11.3 Å². The van der Waals surface area contributed by atoms with Crippen LogP contribution in [0.15, 0.2) is 24.3 Å². The first kappa shape index (κ1) is 15.4. The van der Waals surface area contributed by atoms with Gasteiger partial charge in [-0.15, -0.1) is 0 Å². The van der Waals surface area contributed by atoms with E-state index in [1.165, 1.54) is 31.2 Å². The molecule has 0 aromatic heterocycles. The van der Waals surface area contributed by atoms with Crippen molar-refractivity contribution in [2.45, 2.75) is 58.9 Å². The first-order valence-electron chi connectivity index (χ1n) is 8.01. The average molecular weight is 275 g/mol. The lowest BCUT2D eigenvalue weighted by molar-refractivity contribution is 0.161. The molecule has 1 aromatic carbocycles. The fourth-order valence-corrected chi connectivity index (χ4v) is 3.38. The molecular formula is C18H29NO. The molecule has 0 aliphatic heterocycles. The molecular weight excluding hydrogens is 246 g/mol. The van der Waals surface area contributed by atoms with Gasteiger partial charge in [0.15, 0.2) is 0 Å². The van der Waals surface area contributed by atoms with E-state index in [2.05, 4.69) is 26.1 Å². The van der Waals surface area contributed by atoms with Crippen LogP contribution < -0.4 is 5.32 Å². The molecule has 1 saturated carbocycles. The molecule has 1 unspecified atom stereocenters. The smallest absolute Gasteiger partial charge is 0.115 e. The van der Waals surface area contributed by atoms with Crippen molar-refractivity contribution in [3.05, 3.63) is 29.8 Å². The number of hydrogen-bond acceptors (Lipinski definition) is 2. The zero-order chi connectivity index (χ0) is 14.6. The van der Waals surface area contributed by atoms with Gasteiger partial charge < -0.3 is 10.4 Å². The molecule has 0 saturated heterocycles. The van der Waals surface area contributed by atoms with Crippen molar-refractivity contribution in [2.24, 2.45) is 11.3 Å². The number of phenolic OH excluding ortho intramolecular Hbond substituents is 1. The van der Waals surface area contributed by atoms with Crippen molar-refractivity contribution in [3.63, 3.8) is 0 Å². The quantitative estimate of drug-likeness (QED) is 0.847. The van der Waals surface area contributed by atoms with Gasteiger partial charge in [-0.3, -0.25) is 0 Å². The summed E-state index contributed by atoms with van der Waals surface area (Å²) in [4.78, 5) is 0. The van der Waals surface area contributed by atoms with E-state index in [0.29, 0.717) is 17.2 Å². The van der Waals surface area contributed by atoms with Crippen molar-refractivity contribution in [1.82, 2.24) is 5.32 Å². The van der Waals surface area contributed by atoms with Gasteiger partial charge >= 0.3 is 0 Å². The molecule has 20 heavy (non-hydrogen) atoms. The molecule has 1 aliphatic rings. The van der Waals surface area contributed by atoms with E-state index in [9.17, 15) is 5.11 Å². The van der Waals surface area contributed by atoms with Gasteiger partial charge in [-0.2, -0.15) is 0 Å². The number of nitrogens with one attached hydrogen (secondary N) is 1. The highest BCUT2D eigenvalue weighted by atomic mass is 16.3. The Balaban J connectivity index is 1.98. The van der Waals surface area contributed by atoms with Crippen LogP contribution in [0.5, 0.6) is 5.75 Å². The van der Waals surface area contributed by atoms with Gasteiger partial charge in [-0.25, -0.2) is 0 Å². The van der Waals surface area contributed by atoms with Crippen LogP contribution in [0.25, 0.3) is 0 Å². The Labute approximate surface area is 123 Å². The van der Waals surface area contributed by atoms with E-state index in [4.69, 9.17) is 0 Å². The van der Waals surface area contributed by atoms with Gasteiger partial charge in [0.05, 0.1) is 0 Å². The Morgan fingerprint density at radius 2 is 1.80 bits per heavy atom. The summed E-state index contributed by atoms with van der Waals surface area (Å²) >= 11 is 0. The number of likely N-dealkylation sites (N-methyl/N-ethyl adjacent to an activating group) is 1. The molecule has 2 N–H and O–H groups in total. The molecule has 2 heteroatoms. The maximum Gasteiger partial charge on any atom is 0.115 e. The normalized spacial score (nSPS) is 20.8. The molecule has 1 aliphatic carbocycles. The lowest BCUT2D eigenvalue weighted by Crippen LogP contribution is -2.40. The Morgan fingerprint density at radius 3 is 2.35 bits per heavy atom. The van der Waals surface area contributed by atoms with Crippen molar-refractivity contribution in [3.8, 4) is 5.75 Å². The number of benzene rings is 1. The second-order valence-electron chi connectivity index (χ2n) is 7.04. The molecule has 2 rings (SSSR count). The SMILES string of the molecule is CCNC(Cc1ccc(O)cc1)C1CCC(C)(C)CC1. The first-order valence-corrected chi connectivity index (χ1v) is 8.01. The molecule has 0 spiro atoms. The van der Waals surface area contributed by atoms with Crippen molar-refractivity contribution >= 4 is 0 Å². The van der Waals surface area contributed by atoms with Crippen LogP contribution in [0.2, 0.25) is 0 Å². The van der Waals surface area contributed by atoms with Gasteiger partial charge in [-0.05, 0) is 67.7 Å². The molecule has 0 heterocycles. The van der Waals surface area contributed by atoms with Crippen LogP contribution in [0.4, 0.5) is 0 Å². The van der Waals surface area contributed by atoms with Crippen molar-refractivity contribution in [1.29, 1.82) is 0 Å². The van der Waals surface area contributed by atoms with Crippen molar-refractivity contribution in [2.75, 3.05) is 6.54 Å². The summed E-state index contributed by atoms with van der Waals surface area (Å²) in [5, 5.41) is 13.1. The fraction of sp³-hybridized carbons (Fsp3) is 0.667. The second-order valence-corrected chi connectivity index (χ2v) is 7.04. The molecule has 2 nitrogen and oxygen atoms in total. The zero-order valence-corrected chi connectivity index (χ0v) is 13.2.